The zero-order valence-corrected chi connectivity index (χ0v) is 11.9. The van der Waals surface area contributed by atoms with Crippen molar-refractivity contribution < 1.29 is 9.47 Å². The molecule has 0 aromatic rings. The fraction of sp³-hybridized carbons (Fsp3) is 0.750. The maximum atomic E-state index is 5.79. The van der Waals surface area contributed by atoms with Crippen molar-refractivity contribution in [2.45, 2.75) is 58.7 Å². The van der Waals surface area contributed by atoms with Gasteiger partial charge in [-0.15, -0.1) is 0 Å². The molecule has 0 N–H and O–H groups in total. The standard InChI is InChI=1S/C16H28O2/c1-3-4-5-6-7-8-11-15(2)14-18-16-12-9-10-13-17-16/h3-6,15-16H,7-14H2,1-2H3/b4-3+,6-5+. The molecule has 0 amide bonds. The zero-order chi connectivity index (χ0) is 13.1. The molecule has 18 heavy (non-hydrogen) atoms. The van der Waals surface area contributed by atoms with Gasteiger partial charge in [0.2, 0.25) is 0 Å². The Hall–Kier alpha value is -0.600. The smallest absolute Gasteiger partial charge is 0.157 e. The molecule has 1 rings (SSSR count). The predicted molar refractivity (Wildman–Crippen MR) is 76.5 cm³/mol. The minimum absolute atomic E-state index is 0.0655. The van der Waals surface area contributed by atoms with E-state index in [0.717, 1.165) is 26.1 Å². The van der Waals surface area contributed by atoms with E-state index in [1.54, 1.807) is 0 Å². The average Bonchev–Trinajstić information content (AvgIpc) is 2.41. The van der Waals surface area contributed by atoms with Crippen LogP contribution < -0.4 is 0 Å². The highest BCUT2D eigenvalue weighted by atomic mass is 16.7. The summed E-state index contributed by atoms with van der Waals surface area (Å²) in [4.78, 5) is 0. The van der Waals surface area contributed by atoms with Crippen LogP contribution in [-0.2, 0) is 9.47 Å². The van der Waals surface area contributed by atoms with Crippen LogP contribution in [0.25, 0.3) is 0 Å². The van der Waals surface area contributed by atoms with E-state index in [1.807, 2.05) is 6.92 Å². The van der Waals surface area contributed by atoms with Crippen LogP contribution in [0.4, 0.5) is 0 Å². The lowest BCUT2D eigenvalue weighted by Crippen LogP contribution is -2.24. The summed E-state index contributed by atoms with van der Waals surface area (Å²) in [5.41, 5.74) is 0. The summed E-state index contributed by atoms with van der Waals surface area (Å²) in [6.45, 7) is 6.01. The second-order valence-corrected chi connectivity index (χ2v) is 5.12. The van der Waals surface area contributed by atoms with Crippen molar-refractivity contribution in [3.63, 3.8) is 0 Å². The highest BCUT2D eigenvalue weighted by molar-refractivity contribution is 5.00. The summed E-state index contributed by atoms with van der Waals surface area (Å²) in [6.07, 6.45) is 15.7. The van der Waals surface area contributed by atoms with Crippen molar-refractivity contribution in [2.75, 3.05) is 13.2 Å². The Bertz CT molecular complexity index is 239. The summed E-state index contributed by atoms with van der Waals surface area (Å²) < 4.78 is 11.3. The van der Waals surface area contributed by atoms with Gasteiger partial charge in [-0.3, -0.25) is 0 Å². The molecule has 0 bridgehead atoms. The molecular formula is C16H28O2. The van der Waals surface area contributed by atoms with Crippen LogP contribution in [-0.4, -0.2) is 19.5 Å². The molecule has 104 valence electrons. The number of rotatable bonds is 8. The van der Waals surface area contributed by atoms with Gasteiger partial charge in [0.15, 0.2) is 6.29 Å². The second-order valence-electron chi connectivity index (χ2n) is 5.12. The van der Waals surface area contributed by atoms with E-state index in [1.165, 1.54) is 25.7 Å². The lowest BCUT2D eigenvalue weighted by atomic mass is 10.1. The Labute approximate surface area is 112 Å². The van der Waals surface area contributed by atoms with Crippen molar-refractivity contribution in [1.29, 1.82) is 0 Å². The van der Waals surface area contributed by atoms with Crippen molar-refractivity contribution in [2.24, 2.45) is 5.92 Å². The fourth-order valence-corrected chi connectivity index (χ4v) is 2.07. The van der Waals surface area contributed by atoms with Crippen LogP contribution >= 0.6 is 0 Å². The summed E-state index contributed by atoms with van der Waals surface area (Å²) >= 11 is 0. The molecule has 0 aromatic carbocycles. The summed E-state index contributed by atoms with van der Waals surface area (Å²) in [5, 5.41) is 0. The van der Waals surface area contributed by atoms with E-state index >= 15 is 0 Å². The quantitative estimate of drug-likeness (QED) is 0.469. The highest BCUT2D eigenvalue weighted by Crippen LogP contribution is 2.16. The molecule has 1 fully saturated rings. The van der Waals surface area contributed by atoms with Gasteiger partial charge in [-0.2, -0.15) is 0 Å². The minimum Gasteiger partial charge on any atom is -0.353 e. The molecule has 0 spiro atoms. The van der Waals surface area contributed by atoms with E-state index < -0.39 is 0 Å². The van der Waals surface area contributed by atoms with Gasteiger partial charge in [0.1, 0.15) is 0 Å². The monoisotopic (exact) mass is 252 g/mol. The van der Waals surface area contributed by atoms with Crippen molar-refractivity contribution in [3.8, 4) is 0 Å². The lowest BCUT2D eigenvalue weighted by molar-refractivity contribution is -0.168. The van der Waals surface area contributed by atoms with Crippen molar-refractivity contribution in [3.05, 3.63) is 24.3 Å². The molecule has 0 aliphatic carbocycles. The van der Waals surface area contributed by atoms with E-state index in [-0.39, 0.29) is 6.29 Å². The molecule has 2 atom stereocenters. The van der Waals surface area contributed by atoms with Gasteiger partial charge in [-0.25, -0.2) is 0 Å². The van der Waals surface area contributed by atoms with Crippen LogP contribution in [0, 0.1) is 5.92 Å². The molecule has 1 saturated heterocycles. The molecule has 2 heteroatoms. The number of hydrogen-bond donors (Lipinski definition) is 0. The van der Waals surface area contributed by atoms with Gasteiger partial charge < -0.3 is 9.47 Å². The Balaban J connectivity index is 1.97. The van der Waals surface area contributed by atoms with Gasteiger partial charge in [-0.05, 0) is 51.4 Å². The topological polar surface area (TPSA) is 18.5 Å². The normalized spacial score (nSPS) is 22.9. The van der Waals surface area contributed by atoms with Gasteiger partial charge >= 0.3 is 0 Å². The van der Waals surface area contributed by atoms with Crippen LogP contribution in [0.3, 0.4) is 0 Å². The molecule has 0 saturated carbocycles. The zero-order valence-electron chi connectivity index (χ0n) is 11.9. The molecule has 2 unspecified atom stereocenters. The average molecular weight is 252 g/mol. The third kappa shape index (κ3) is 7.67. The SMILES string of the molecule is C/C=C/C=C/CCCC(C)COC1CCCCO1. The fourth-order valence-electron chi connectivity index (χ4n) is 2.07. The van der Waals surface area contributed by atoms with E-state index in [4.69, 9.17) is 9.47 Å². The number of unbranched alkanes of at least 4 members (excludes halogenated alkanes) is 1. The molecule has 2 nitrogen and oxygen atoms in total. The molecule has 1 aliphatic heterocycles. The largest absolute Gasteiger partial charge is 0.353 e. The first-order valence-electron chi connectivity index (χ1n) is 7.34. The maximum absolute atomic E-state index is 5.79. The third-order valence-corrected chi connectivity index (χ3v) is 3.21. The van der Waals surface area contributed by atoms with Gasteiger partial charge in [-0.1, -0.05) is 31.2 Å². The molecular weight excluding hydrogens is 224 g/mol. The van der Waals surface area contributed by atoms with Crippen molar-refractivity contribution >= 4 is 0 Å². The number of hydrogen-bond acceptors (Lipinski definition) is 2. The second kappa shape index (κ2) is 10.3. The summed E-state index contributed by atoms with van der Waals surface area (Å²) in [7, 11) is 0. The Kier molecular flexibility index (Phi) is 8.87. The minimum atomic E-state index is 0.0655. The highest BCUT2D eigenvalue weighted by Gasteiger charge is 2.14. The van der Waals surface area contributed by atoms with Gasteiger partial charge in [0, 0.05) is 6.61 Å². The van der Waals surface area contributed by atoms with Crippen LogP contribution in [0.15, 0.2) is 24.3 Å². The van der Waals surface area contributed by atoms with Crippen molar-refractivity contribution in [1.82, 2.24) is 0 Å². The Morgan fingerprint density at radius 1 is 1.33 bits per heavy atom. The van der Waals surface area contributed by atoms with E-state index in [9.17, 15) is 0 Å². The number of allylic oxidation sites excluding steroid dienone is 4. The Morgan fingerprint density at radius 3 is 2.94 bits per heavy atom. The van der Waals surface area contributed by atoms with Gasteiger partial charge in [0.05, 0.1) is 6.61 Å². The van der Waals surface area contributed by atoms with Crippen LogP contribution in [0.5, 0.6) is 0 Å². The molecule has 0 radical (unpaired) electrons. The van der Waals surface area contributed by atoms with E-state index in [2.05, 4.69) is 31.2 Å². The summed E-state index contributed by atoms with van der Waals surface area (Å²) in [6, 6.07) is 0. The third-order valence-electron chi connectivity index (χ3n) is 3.21. The van der Waals surface area contributed by atoms with E-state index in [0.29, 0.717) is 5.92 Å². The molecule has 1 heterocycles. The first-order chi connectivity index (χ1) is 8.83. The number of ether oxygens (including phenoxy) is 2. The molecule has 0 aromatic heterocycles. The van der Waals surface area contributed by atoms with Gasteiger partial charge in [0.25, 0.3) is 0 Å². The first kappa shape index (κ1) is 15.5. The predicted octanol–water partition coefficient (Wildman–Crippen LogP) is 4.47. The van der Waals surface area contributed by atoms with Crippen LogP contribution in [0.2, 0.25) is 0 Å². The summed E-state index contributed by atoms with van der Waals surface area (Å²) in [5.74, 6) is 0.630. The molecule has 1 aliphatic rings. The van der Waals surface area contributed by atoms with Crippen LogP contribution in [0.1, 0.15) is 52.4 Å². The maximum Gasteiger partial charge on any atom is 0.157 e. The first-order valence-corrected chi connectivity index (χ1v) is 7.34. The Morgan fingerprint density at radius 2 is 2.22 bits per heavy atom. The lowest BCUT2D eigenvalue weighted by Gasteiger charge is -2.24.